The lowest BCUT2D eigenvalue weighted by Gasteiger charge is -2.40. The third kappa shape index (κ3) is 3.05. The van der Waals surface area contributed by atoms with Gasteiger partial charge in [0.05, 0.1) is 11.8 Å². The van der Waals surface area contributed by atoms with E-state index in [1.165, 1.54) is 6.92 Å². The number of carbonyl (C=O) groups is 2. The third-order valence-electron chi connectivity index (χ3n) is 5.04. The zero-order valence-corrected chi connectivity index (χ0v) is 14.6. The number of nitrogens with two attached hydrogens (primary N) is 1. The number of primary amides is 1. The van der Waals surface area contributed by atoms with Crippen molar-refractivity contribution in [3.05, 3.63) is 23.4 Å². The summed E-state index contributed by atoms with van der Waals surface area (Å²) in [5.41, 5.74) is 2.43. The van der Waals surface area contributed by atoms with Gasteiger partial charge >= 0.3 is 0 Å². The first kappa shape index (κ1) is 19.5. The van der Waals surface area contributed by atoms with Gasteiger partial charge in [0.25, 0.3) is 5.91 Å². The second-order valence-corrected chi connectivity index (χ2v) is 6.79. The van der Waals surface area contributed by atoms with E-state index in [2.05, 4.69) is 4.98 Å². The lowest BCUT2D eigenvalue weighted by molar-refractivity contribution is -0.166. The van der Waals surface area contributed by atoms with Crippen molar-refractivity contribution in [1.82, 2.24) is 4.98 Å². The van der Waals surface area contributed by atoms with E-state index in [1.807, 2.05) is 0 Å². The highest BCUT2D eigenvalue weighted by molar-refractivity contribution is 6.09. The number of amides is 2. The molecular weight excluding hydrogens is 370 g/mol. The van der Waals surface area contributed by atoms with Gasteiger partial charge in [0.15, 0.2) is 17.2 Å². The fourth-order valence-corrected chi connectivity index (χ4v) is 4.07. The van der Waals surface area contributed by atoms with E-state index in [-0.39, 0.29) is 31.7 Å². The number of aromatic nitrogens is 1. The van der Waals surface area contributed by atoms with E-state index >= 15 is 0 Å². The van der Waals surface area contributed by atoms with Gasteiger partial charge in [0, 0.05) is 25.4 Å². The van der Waals surface area contributed by atoms with Crippen molar-refractivity contribution in [1.29, 1.82) is 0 Å². The lowest BCUT2D eigenvalue weighted by Crippen LogP contribution is -2.52. The Morgan fingerprint density at radius 3 is 2.74 bits per heavy atom. The Kier molecular flexibility index (Phi) is 4.87. The largest absolute Gasteiger partial charge is 0.368 e. The predicted molar refractivity (Wildman–Crippen MR) is 85.9 cm³/mol. The molecule has 6 nitrogen and oxygen atoms in total. The van der Waals surface area contributed by atoms with Crippen molar-refractivity contribution in [2.24, 2.45) is 11.7 Å². The van der Waals surface area contributed by atoms with E-state index in [4.69, 9.17) is 10.5 Å². The average molecular weight is 389 g/mol. The van der Waals surface area contributed by atoms with E-state index in [0.29, 0.717) is 6.20 Å². The molecule has 2 aliphatic rings. The van der Waals surface area contributed by atoms with E-state index < -0.39 is 59.4 Å². The smallest absolute Gasteiger partial charge is 0.266 e. The average Bonchev–Trinajstić information content (AvgIpc) is 2.81. The molecule has 10 heteroatoms. The highest BCUT2D eigenvalue weighted by Gasteiger charge is 2.61. The number of rotatable bonds is 5. The maximum atomic E-state index is 14.8. The lowest BCUT2D eigenvalue weighted by atomic mass is 9.72. The molecule has 3 rings (SSSR count). The maximum absolute atomic E-state index is 14.8. The van der Waals surface area contributed by atoms with Gasteiger partial charge in [0.2, 0.25) is 11.8 Å². The molecule has 0 aromatic carbocycles. The third-order valence-corrected chi connectivity index (χ3v) is 5.04. The molecule has 2 amide bonds. The predicted octanol–water partition coefficient (Wildman–Crippen LogP) is 2.25. The summed E-state index contributed by atoms with van der Waals surface area (Å²) in [5, 5.41) is 0. The molecule has 148 valence electrons. The number of ether oxygens (including phenoxy) is 1. The summed E-state index contributed by atoms with van der Waals surface area (Å²) in [4.78, 5) is 29.1. The molecule has 1 aliphatic carbocycles. The topological polar surface area (TPSA) is 85.5 Å². The second-order valence-electron chi connectivity index (χ2n) is 6.79. The quantitative estimate of drug-likeness (QED) is 0.783. The standard InChI is InChI=1S/C17H19F4N3O3/c1-2-27-17(9-4-3-5-16(20,21)6-9)12-13(19)10(18)7-23-14(12)24(15(17)26)8-11(22)25/h7,9H,2-6,8H2,1H3,(H2,22,25)/t9-,17+/m1/s1. The molecule has 1 aromatic rings. The molecule has 0 spiro atoms. The van der Waals surface area contributed by atoms with Crippen molar-refractivity contribution in [2.75, 3.05) is 18.1 Å². The fourth-order valence-electron chi connectivity index (χ4n) is 4.07. The monoisotopic (exact) mass is 389 g/mol. The van der Waals surface area contributed by atoms with Gasteiger partial charge in [0.1, 0.15) is 12.4 Å². The number of nitrogens with zero attached hydrogens (tertiary/aromatic N) is 2. The minimum atomic E-state index is -3.07. The number of fused-ring (bicyclic) bond motifs is 1. The SMILES string of the molecule is CCO[C@]1([C@@H]2CCCC(F)(F)C2)C(=O)N(CC(N)=O)c2ncc(F)c(F)c21. The van der Waals surface area contributed by atoms with Crippen LogP contribution < -0.4 is 10.6 Å². The molecule has 1 saturated carbocycles. The Hall–Kier alpha value is -2.23. The molecule has 0 unspecified atom stereocenters. The minimum absolute atomic E-state index is 0.0925. The normalized spacial score (nSPS) is 26.9. The Labute approximate surface area is 152 Å². The van der Waals surface area contributed by atoms with Crippen LogP contribution >= 0.6 is 0 Å². The van der Waals surface area contributed by atoms with Crippen LogP contribution in [0, 0.1) is 17.6 Å². The van der Waals surface area contributed by atoms with Crippen LogP contribution in [0.25, 0.3) is 0 Å². The van der Waals surface area contributed by atoms with Crippen molar-refractivity contribution in [3.63, 3.8) is 0 Å². The Morgan fingerprint density at radius 1 is 1.44 bits per heavy atom. The fraction of sp³-hybridized carbons (Fsp3) is 0.588. The maximum Gasteiger partial charge on any atom is 0.266 e. The molecule has 2 heterocycles. The van der Waals surface area contributed by atoms with Gasteiger partial charge < -0.3 is 10.5 Å². The molecule has 1 aromatic heterocycles. The van der Waals surface area contributed by atoms with Gasteiger partial charge in [-0.2, -0.15) is 0 Å². The summed E-state index contributed by atoms with van der Waals surface area (Å²) in [6.07, 6.45) is -0.274. The highest BCUT2D eigenvalue weighted by atomic mass is 19.3. The first-order chi connectivity index (χ1) is 12.6. The second kappa shape index (κ2) is 6.74. The number of anilines is 1. The number of hydrogen-bond donors (Lipinski definition) is 1. The number of pyridine rings is 1. The van der Waals surface area contributed by atoms with Gasteiger partial charge in [-0.15, -0.1) is 0 Å². The molecule has 0 bridgehead atoms. The number of alkyl halides is 2. The first-order valence-electron chi connectivity index (χ1n) is 8.60. The Morgan fingerprint density at radius 2 is 2.15 bits per heavy atom. The summed E-state index contributed by atoms with van der Waals surface area (Å²) in [7, 11) is 0. The zero-order chi connectivity index (χ0) is 20.0. The van der Waals surface area contributed by atoms with Gasteiger partial charge in [-0.05, 0) is 19.8 Å². The molecule has 0 radical (unpaired) electrons. The molecular formula is C17H19F4N3O3. The van der Waals surface area contributed by atoms with Crippen molar-refractivity contribution in [2.45, 2.75) is 44.1 Å². The van der Waals surface area contributed by atoms with Crippen LogP contribution in [0.15, 0.2) is 6.20 Å². The summed E-state index contributed by atoms with van der Waals surface area (Å²) in [6.45, 7) is 0.743. The molecule has 27 heavy (non-hydrogen) atoms. The summed E-state index contributed by atoms with van der Waals surface area (Å²) in [5.74, 6) is -9.10. The Balaban J connectivity index is 2.22. The molecule has 0 saturated heterocycles. The summed E-state index contributed by atoms with van der Waals surface area (Å²) in [6, 6.07) is 0. The van der Waals surface area contributed by atoms with Gasteiger partial charge in [-0.3, -0.25) is 14.5 Å². The molecule has 1 fully saturated rings. The van der Waals surface area contributed by atoms with Crippen LogP contribution in [0.3, 0.4) is 0 Å². The van der Waals surface area contributed by atoms with Crippen LogP contribution in [0.4, 0.5) is 23.4 Å². The number of hydrogen-bond acceptors (Lipinski definition) is 4. The van der Waals surface area contributed by atoms with E-state index in [9.17, 15) is 27.2 Å². The van der Waals surface area contributed by atoms with Gasteiger partial charge in [-0.25, -0.2) is 22.5 Å². The molecule has 2 atom stereocenters. The number of carbonyl (C=O) groups excluding carboxylic acids is 2. The van der Waals surface area contributed by atoms with Crippen molar-refractivity contribution >= 4 is 17.6 Å². The van der Waals surface area contributed by atoms with Gasteiger partial charge in [-0.1, -0.05) is 0 Å². The zero-order valence-electron chi connectivity index (χ0n) is 14.6. The van der Waals surface area contributed by atoms with E-state index in [0.717, 1.165) is 4.90 Å². The highest BCUT2D eigenvalue weighted by Crippen LogP contribution is 2.53. The van der Waals surface area contributed by atoms with Crippen molar-refractivity contribution < 1.29 is 31.9 Å². The van der Waals surface area contributed by atoms with Crippen LogP contribution in [-0.2, 0) is 19.9 Å². The number of halogens is 4. The minimum Gasteiger partial charge on any atom is -0.368 e. The Bertz CT molecular complexity index is 789. The van der Waals surface area contributed by atoms with Crippen LogP contribution in [0.5, 0.6) is 0 Å². The van der Waals surface area contributed by atoms with Crippen LogP contribution in [-0.4, -0.2) is 35.9 Å². The van der Waals surface area contributed by atoms with E-state index in [1.54, 1.807) is 0 Å². The summed E-state index contributed by atoms with van der Waals surface area (Å²) >= 11 is 0. The molecule has 1 aliphatic heterocycles. The summed E-state index contributed by atoms with van der Waals surface area (Å²) < 4.78 is 62.4. The molecule has 2 N–H and O–H groups in total. The van der Waals surface area contributed by atoms with Crippen LogP contribution in [0.2, 0.25) is 0 Å². The first-order valence-corrected chi connectivity index (χ1v) is 8.60. The van der Waals surface area contributed by atoms with Crippen LogP contribution in [0.1, 0.15) is 38.2 Å². The van der Waals surface area contributed by atoms with Crippen molar-refractivity contribution in [3.8, 4) is 0 Å².